The van der Waals surface area contributed by atoms with Gasteiger partial charge >= 0.3 is 6.18 Å². The number of hydrogen-bond donors (Lipinski definition) is 1. The summed E-state index contributed by atoms with van der Waals surface area (Å²) >= 11 is 0. The summed E-state index contributed by atoms with van der Waals surface area (Å²) in [6.07, 6.45) is 1.46. The van der Waals surface area contributed by atoms with Crippen LogP contribution in [0.5, 0.6) is 0 Å². The Morgan fingerprint density at radius 1 is 1.11 bits per heavy atom. The van der Waals surface area contributed by atoms with Crippen molar-refractivity contribution in [3.8, 4) is 0 Å². The van der Waals surface area contributed by atoms with Crippen molar-refractivity contribution in [2.24, 2.45) is 5.92 Å². The summed E-state index contributed by atoms with van der Waals surface area (Å²) in [5, 5.41) is 3.41. The van der Waals surface area contributed by atoms with E-state index < -0.39 is 12.7 Å². The molecule has 0 atom stereocenters. The molecule has 2 nitrogen and oxygen atoms in total. The predicted molar refractivity (Wildman–Crippen MR) is 72.2 cm³/mol. The van der Waals surface area contributed by atoms with Crippen molar-refractivity contribution in [2.45, 2.75) is 58.2 Å². The molecule has 19 heavy (non-hydrogen) atoms. The zero-order valence-electron chi connectivity index (χ0n) is 12.1. The van der Waals surface area contributed by atoms with Crippen LogP contribution >= 0.6 is 0 Å². The fraction of sp³-hybridized carbons (Fsp3) is 1.00. The summed E-state index contributed by atoms with van der Waals surface area (Å²) in [4.78, 5) is 1.50. The van der Waals surface area contributed by atoms with E-state index in [1.807, 2.05) is 6.92 Å². The maximum atomic E-state index is 12.4. The third-order valence-electron chi connectivity index (χ3n) is 3.82. The predicted octanol–water partition coefficient (Wildman–Crippen LogP) is 3.43. The van der Waals surface area contributed by atoms with Crippen LogP contribution in [-0.4, -0.2) is 43.3 Å². The summed E-state index contributed by atoms with van der Waals surface area (Å²) in [5.74, 6) is 0.805. The first-order chi connectivity index (χ1) is 8.90. The third-order valence-corrected chi connectivity index (χ3v) is 3.82. The van der Waals surface area contributed by atoms with Gasteiger partial charge in [0, 0.05) is 19.1 Å². The van der Waals surface area contributed by atoms with Crippen LogP contribution in [0.25, 0.3) is 0 Å². The van der Waals surface area contributed by atoms with Crippen molar-refractivity contribution in [1.82, 2.24) is 10.2 Å². The number of alkyl halides is 3. The van der Waals surface area contributed by atoms with Gasteiger partial charge in [0.1, 0.15) is 0 Å². The van der Waals surface area contributed by atoms with Crippen LogP contribution in [0.15, 0.2) is 0 Å². The third kappa shape index (κ3) is 7.78. The van der Waals surface area contributed by atoms with Crippen LogP contribution in [0.1, 0.15) is 46.0 Å². The van der Waals surface area contributed by atoms with Gasteiger partial charge in [0.15, 0.2) is 0 Å². The molecule has 0 aromatic rings. The van der Waals surface area contributed by atoms with Crippen LogP contribution in [0, 0.1) is 5.92 Å². The van der Waals surface area contributed by atoms with E-state index in [4.69, 9.17) is 0 Å². The highest BCUT2D eigenvalue weighted by atomic mass is 19.4. The first-order valence-electron chi connectivity index (χ1n) is 7.43. The first kappa shape index (κ1) is 16.8. The monoisotopic (exact) mass is 280 g/mol. The van der Waals surface area contributed by atoms with E-state index in [-0.39, 0.29) is 0 Å². The fourth-order valence-corrected chi connectivity index (χ4v) is 2.73. The van der Waals surface area contributed by atoms with E-state index in [1.165, 1.54) is 17.7 Å². The number of nitrogens with zero attached hydrogens (tertiary/aromatic N) is 1. The molecule has 1 aliphatic rings. The highest BCUT2D eigenvalue weighted by molar-refractivity contribution is 4.76. The van der Waals surface area contributed by atoms with Gasteiger partial charge in [0.05, 0.1) is 6.54 Å². The molecule has 0 radical (unpaired) electrons. The lowest BCUT2D eigenvalue weighted by Gasteiger charge is -2.29. The molecule has 114 valence electrons. The van der Waals surface area contributed by atoms with Crippen LogP contribution in [0.3, 0.4) is 0 Å². The highest BCUT2D eigenvalue weighted by Crippen LogP contribution is 2.23. The van der Waals surface area contributed by atoms with E-state index in [0.717, 1.165) is 25.2 Å². The Hall–Kier alpha value is -0.290. The maximum absolute atomic E-state index is 12.4. The molecule has 0 spiro atoms. The molecule has 0 aromatic carbocycles. The smallest absolute Gasteiger partial charge is 0.313 e. The van der Waals surface area contributed by atoms with E-state index in [2.05, 4.69) is 12.2 Å². The van der Waals surface area contributed by atoms with Crippen LogP contribution in [0.2, 0.25) is 0 Å². The number of nitrogens with one attached hydrogen (secondary N) is 1. The first-order valence-corrected chi connectivity index (χ1v) is 7.43. The quantitative estimate of drug-likeness (QED) is 0.768. The summed E-state index contributed by atoms with van der Waals surface area (Å²) in [6, 6.07) is 0.505. The molecular weight excluding hydrogens is 253 g/mol. The van der Waals surface area contributed by atoms with Gasteiger partial charge in [-0.15, -0.1) is 0 Å². The second-order valence-corrected chi connectivity index (χ2v) is 5.80. The van der Waals surface area contributed by atoms with Crippen LogP contribution in [-0.2, 0) is 0 Å². The fourth-order valence-electron chi connectivity index (χ4n) is 2.73. The average molecular weight is 280 g/mol. The Morgan fingerprint density at radius 3 is 2.26 bits per heavy atom. The summed E-state index contributed by atoms with van der Waals surface area (Å²) < 4.78 is 37.2. The van der Waals surface area contributed by atoms with Crippen LogP contribution in [0.4, 0.5) is 13.2 Å². The molecule has 1 N–H and O–H groups in total. The topological polar surface area (TPSA) is 15.3 Å². The number of hydrogen-bond acceptors (Lipinski definition) is 2. The lowest BCUT2D eigenvalue weighted by molar-refractivity contribution is -0.145. The van der Waals surface area contributed by atoms with Crippen molar-refractivity contribution >= 4 is 0 Å². The SMILES string of the molecule is CCCN(CCNC1CCC(C)CC1)CC(F)(F)F. The molecular formula is C14H27F3N2. The van der Waals surface area contributed by atoms with E-state index in [9.17, 15) is 13.2 Å². The van der Waals surface area contributed by atoms with Crippen LogP contribution < -0.4 is 5.32 Å². The normalized spacial score (nSPS) is 24.9. The minimum atomic E-state index is -4.09. The Labute approximate surface area is 114 Å². The second-order valence-electron chi connectivity index (χ2n) is 5.80. The molecule has 0 aromatic heterocycles. The van der Waals surface area contributed by atoms with Gasteiger partial charge in [-0.05, 0) is 44.6 Å². The molecule has 1 fully saturated rings. The molecule has 0 heterocycles. The Kier molecular flexibility index (Phi) is 7.15. The Bertz CT molecular complexity index is 235. The molecule has 0 amide bonds. The maximum Gasteiger partial charge on any atom is 0.401 e. The average Bonchev–Trinajstić information content (AvgIpc) is 2.30. The molecule has 1 saturated carbocycles. The van der Waals surface area contributed by atoms with Gasteiger partial charge in [0.2, 0.25) is 0 Å². The number of halogens is 3. The molecule has 0 aliphatic heterocycles. The van der Waals surface area contributed by atoms with Gasteiger partial charge in [-0.1, -0.05) is 13.8 Å². The molecule has 0 bridgehead atoms. The molecule has 5 heteroatoms. The second kappa shape index (κ2) is 8.10. The van der Waals surface area contributed by atoms with E-state index >= 15 is 0 Å². The zero-order valence-corrected chi connectivity index (χ0v) is 12.1. The van der Waals surface area contributed by atoms with E-state index in [0.29, 0.717) is 25.7 Å². The molecule has 1 rings (SSSR count). The van der Waals surface area contributed by atoms with Gasteiger partial charge in [-0.25, -0.2) is 0 Å². The molecule has 0 saturated heterocycles. The van der Waals surface area contributed by atoms with Gasteiger partial charge in [-0.2, -0.15) is 13.2 Å². The molecule has 1 aliphatic carbocycles. The van der Waals surface area contributed by atoms with E-state index in [1.54, 1.807) is 0 Å². The Morgan fingerprint density at radius 2 is 1.74 bits per heavy atom. The highest BCUT2D eigenvalue weighted by Gasteiger charge is 2.30. The van der Waals surface area contributed by atoms with Gasteiger partial charge in [-0.3, -0.25) is 4.90 Å². The summed E-state index contributed by atoms with van der Waals surface area (Å²) in [7, 11) is 0. The summed E-state index contributed by atoms with van der Waals surface area (Å²) in [6.45, 7) is 5.06. The van der Waals surface area contributed by atoms with Crippen molar-refractivity contribution in [2.75, 3.05) is 26.2 Å². The Balaban J connectivity index is 2.20. The minimum Gasteiger partial charge on any atom is -0.313 e. The van der Waals surface area contributed by atoms with Crippen molar-refractivity contribution in [3.05, 3.63) is 0 Å². The minimum absolute atomic E-state index is 0.486. The number of rotatable bonds is 7. The van der Waals surface area contributed by atoms with Gasteiger partial charge < -0.3 is 5.32 Å². The van der Waals surface area contributed by atoms with Crippen molar-refractivity contribution in [3.63, 3.8) is 0 Å². The lowest BCUT2D eigenvalue weighted by atomic mass is 9.87. The van der Waals surface area contributed by atoms with Gasteiger partial charge in [0.25, 0.3) is 0 Å². The zero-order chi connectivity index (χ0) is 14.3. The van der Waals surface area contributed by atoms with Crippen molar-refractivity contribution < 1.29 is 13.2 Å². The lowest BCUT2D eigenvalue weighted by Crippen LogP contribution is -2.42. The largest absolute Gasteiger partial charge is 0.401 e. The van der Waals surface area contributed by atoms with Crippen molar-refractivity contribution in [1.29, 1.82) is 0 Å². The summed E-state index contributed by atoms with van der Waals surface area (Å²) in [5.41, 5.74) is 0. The molecule has 0 unspecified atom stereocenters. The standard InChI is InChI=1S/C14H27F3N2/c1-3-9-19(11-14(15,16)17)10-8-18-13-6-4-12(2)5-7-13/h12-13,18H,3-11H2,1-2H3.